The maximum Gasteiger partial charge on any atom is 0.248 e. The van der Waals surface area contributed by atoms with Crippen LogP contribution in [0.4, 0.5) is 8.78 Å². The minimum Gasteiger partial charge on any atom is -0.424 e. The summed E-state index contributed by atoms with van der Waals surface area (Å²) in [7, 11) is 0. The highest BCUT2D eigenvalue weighted by Gasteiger charge is 2.37. The summed E-state index contributed by atoms with van der Waals surface area (Å²) in [5.41, 5.74) is 0. The Labute approximate surface area is 107 Å². The average molecular weight is 309 g/mol. The van der Waals surface area contributed by atoms with Crippen LogP contribution in [0.3, 0.4) is 0 Å². The Hall–Kier alpha value is -0.520. The molecule has 1 atom stereocenters. The molecule has 0 aliphatic heterocycles. The fourth-order valence-electron chi connectivity index (χ4n) is 2.00. The van der Waals surface area contributed by atoms with E-state index in [-0.39, 0.29) is 23.6 Å². The first-order valence-corrected chi connectivity index (χ1v) is 6.78. The molecule has 1 aromatic rings. The van der Waals surface area contributed by atoms with Gasteiger partial charge in [0.1, 0.15) is 0 Å². The molecule has 2 rings (SSSR count). The van der Waals surface area contributed by atoms with Gasteiger partial charge in [-0.25, -0.2) is 8.78 Å². The monoisotopic (exact) mass is 308 g/mol. The molecule has 1 fully saturated rings. The fraction of sp³-hybridized carbons (Fsp3) is 0.818. The van der Waals surface area contributed by atoms with E-state index in [1.54, 1.807) is 0 Å². The molecule has 96 valence electrons. The second-order valence-corrected chi connectivity index (χ2v) is 5.59. The van der Waals surface area contributed by atoms with Crippen molar-refractivity contribution in [3.8, 4) is 0 Å². The second-order valence-electron chi connectivity index (χ2n) is 4.48. The van der Waals surface area contributed by atoms with Gasteiger partial charge in [0, 0.05) is 18.8 Å². The van der Waals surface area contributed by atoms with Crippen molar-refractivity contribution >= 4 is 15.9 Å². The molecule has 1 saturated carbocycles. The van der Waals surface area contributed by atoms with Crippen molar-refractivity contribution in [1.29, 1.82) is 0 Å². The van der Waals surface area contributed by atoms with Crippen molar-refractivity contribution in [2.45, 2.75) is 55.7 Å². The van der Waals surface area contributed by atoms with Crippen molar-refractivity contribution in [3.05, 3.63) is 11.8 Å². The number of hydrogen-bond donors (Lipinski definition) is 0. The zero-order valence-corrected chi connectivity index (χ0v) is 11.2. The number of nitrogens with zero attached hydrogens (tertiary/aromatic N) is 2. The van der Waals surface area contributed by atoms with Crippen LogP contribution in [0.2, 0.25) is 0 Å². The van der Waals surface area contributed by atoms with Crippen LogP contribution in [0, 0.1) is 0 Å². The number of alkyl halides is 3. The van der Waals surface area contributed by atoms with Gasteiger partial charge in [-0.05, 0) is 19.3 Å². The van der Waals surface area contributed by atoms with Crippen molar-refractivity contribution in [1.82, 2.24) is 10.2 Å². The third kappa shape index (κ3) is 3.03. The van der Waals surface area contributed by atoms with Gasteiger partial charge in [0.2, 0.25) is 17.7 Å². The Balaban J connectivity index is 2.01. The molecular formula is C11H15BrF2N2O. The van der Waals surface area contributed by atoms with E-state index in [2.05, 4.69) is 26.1 Å². The van der Waals surface area contributed by atoms with Gasteiger partial charge < -0.3 is 4.42 Å². The molecule has 0 saturated heterocycles. The van der Waals surface area contributed by atoms with E-state index in [1.807, 2.05) is 6.92 Å². The molecule has 1 aliphatic rings. The van der Waals surface area contributed by atoms with Crippen LogP contribution in [-0.4, -0.2) is 16.1 Å². The third-order valence-electron chi connectivity index (χ3n) is 3.15. The first-order chi connectivity index (χ1) is 8.02. The van der Waals surface area contributed by atoms with Gasteiger partial charge in [0.05, 0.1) is 4.83 Å². The summed E-state index contributed by atoms with van der Waals surface area (Å²) in [5.74, 6) is -1.47. The summed E-state index contributed by atoms with van der Waals surface area (Å²) >= 11 is 3.42. The van der Waals surface area contributed by atoms with E-state index < -0.39 is 5.92 Å². The first kappa shape index (κ1) is 12.9. The second kappa shape index (κ2) is 5.00. The standard InChI is InChI=1S/C11H15BrF2N2O/c1-2-8(12)10-16-15-9(17-10)7-3-5-11(13,14)6-4-7/h7-8H,2-6H2,1H3. The van der Waals surface area contributed by atoms with Crippen molar-refractivity contribution < 1.29 is 13.2 Å². The molecular weight excluding hydrogens is 294 g/mol. The Morgan fingerprint density at radius 2 is 2.06 bits per heavy atom. The lowest BCUT2D eigenvalue weighted by molar-refractivity contribution is -0.0399. The smallest absolute Gasteiger partial charge is 0.248 e. The normalized spacial score (nSPS) is 22.6. The summed E-state index contributed by atoms with van der Waals surface area (Å²) < 4.78 is 31.5. The van der Waals surface area contributed by atoms with E-state index in [9.17, 15) is 8.78 Å². The van der Waals surface area contributed by atoms with Gasteiger partial charge in [0.25, 0.3) is 0 Å². The van der Waals surface area contributed by atoms with E-state index in [1.165, 1.54) is 0 Å². The SMILES string of the molecule is CCC(Br)c1nnc(C2CCC(F)(F)CC2)o1. The molecule has 0 spiro atoms. The molecule has 3 nitrogen and oxygen atoms in total. The molecule has 1 aromatic heterocycles. The van der Waals surface area contributed by atoms with E-state index >= 15 is 0 Å². The summed E-state index contributed by atoms with van der Waals surface area (Å²) in [4.78, 5) is 0.0498. The largest absolute Gasteiger partial charge is 0.424 e. The van der Waals surface area contributed by atoms with Crippen molar-refractivity contribution in [2.75, 3.05) is 0 Å². The van der Waals surface area contributed by atoms with Gasteiger partial charge in [-0.1, -0.05) is 22.9 Å². The lowest BCUT2D eigenvalue weighted by atomic mass is 9.87. The Bertz CT molecular complexity index is 373. The molecule has 1 heterocycles. The van der Waals surface area contributed by atoms with Crippen LogP contribution >= 0.6 is 15.9 Å². The predicted octanol–water partition coefficient (Wildman–Crippen LogP) is 4.21. The lowest BCUT2D eigenvalue weighted by Crippen LogP contribution is -2.23. The number of aromatic nitrogens is 2. The minimum absolute atomic E-state index is 0.00701. The number of hydrogen-bond acceptors (Lipinski definition) is 3. The molecule has 6 heteroatoms. The van der Waals surface area contributed by atoms with Crippen molar-refractivity contribution in [3.63, 3.8) is 0 Å². The topological polar surface area (TPSA) is 38.9 Å². The summed E-state index contributed by atoms with van der Waals surface area (Å²) in [6.07, 6.45) is 1.54. The summed E-state index contributed by atoms with van der Waals surface area (Å²) in [6.45, 7) is 2.00. The van der Waals surface area contributed by atoms with E-state index in [0.29, 0.717) is 24.6 Å². The van der Waals surface area contributed by atoms with Crippen molar-refractivity contribution in [2.24, 2.45) is 0 Å². The van der Waals surface area contributed by atoms with Gasteiger partial charge in [-0.3, -0.25) is 0 Å². The molecule has 0 bridgehead atoms. The highest BCUT2D eigenvalue weighted by molar-refractivity contribution is 9.09. The predicted molar refractivity (Wildman–Crippen MR) is 62.4 cm³/mol. The number of halogens is 3. The molecule has 0 radical (unpaired) electrons. The zero-order chi connectivity index (χ0) is 12.5. The fourth-order valence-corrected chi connectivity index (χ4v) is 2.18. The van der Waals surface area contributed by atoms with Gasteiger partial charge in [0.15, 0.2) is 0 Å². The maximum absolute atomic E-state index is 13.0. The third-order valence-corrected chi connectivity index (χ3v) is 4.19. The summed E-state index contributed by atoms with van der Waals surface area (Å²) in [5, 5.41) is 7.91. The van der Waals surface area contributed by atoms with Gasteiger partial charge >= 0.3 is 0 Å². The quantitative estimate of drug-likeness (QED) is 0.785. The van der Waals surface area contributed by atoms with Crippen LogP contribution in [0.1, 0.15) is 61.6 Å². The minimum atomic E-state index is -2.51. The van der Waals surface area contributed by atoms with Crippen LogP contribution < -0.4 is 0 Å². The number of rotatable bonds is 3. The molecule has 0 N–H and O–H groups in total. The zero-order valence-electron chi connectivity index (χ0n) is 9.63. The lowest BCUT2D eigenvalue weighted by Gasteiger charge is -2.25. The Morgan fingerprint density at radius 3 is 2.65 bits per heavy atom. The summed E-state index contributed by atoms with van der Waals surface area (Å²) in [6, 6.07) is 0. The average Bonchev–Trinajstić information content (AvgIpc) is 2.77. The van der Waals surface area contributed by atoms with Crippen LogP contribution in [0.15, 0.2) is 4.42 Å². The highest BCUT2D eigenvalue weighted by Crippen LogP contribution is 2.40. The Morgan fingerprint density at radius 1 is 1.41 bits per heavy atom. The molecule has 1 unspecified atom stereocenters. The Kier molecular flexibility index (Phi) is 3.80. The molecule has 17 heavy (non-hydrogen) atoms. The highest BCUT2D eigenvalue weighted by atomic mass is 79.9. The first-order valence-electron chi connectivity index (χ1n) is 5.87. The van der Waals surface area contributed by atoms with Crippen LogP contribution in [0.5, 0.6) is 0 Å². The van der Waals surface area contributed by atoms with Crippen LogP contribution in [0.25, 0.3) is 0 Å². The molecule has 1 aliphatic carbocycles. The van der Waals surface area contributed by atoms with Crippen LogP contribution in [-0.2, 0) is 0 Å². The molecule has 0 amide bonds. The van der Waals surface area contributed by atoms with E-state index in [4.69, 9.17) is 4.42 Å². The maximum atomic E-state index is 13.0. The van der Waals surface area contributed by atoms with Gasteiger partial charge in [-0.15, -0.1) is 10.2 Å². The molecule has 0 aromatic carbocycles. The van der Waals surface area contributed by atoms with E-state index in [0.717, 1.165) is 6.42 Å². The van der Waals surface area contributed by atoms with Gasteiger partial charge in [-0.2, -0.15) is 0 Å².